The Hall–Kier alpha value is -2.70. The molecule has 1 aromatic heterocycles. The third kappa shape index (κ3) is 2.89. The number of hydrogen-bond donors (Lipinski definition) is 0. The molecule has 10 heteroatoms. The standard InChI is InChI=1S/C14H4F8N2/c15-8-7(9(16)11(18)12(19)10(8)17)6-2-1-5(3-4-23)13(24-6)14(20,21)22/h1-2H,3H2. The van der Waals surface area contributed by atoms with Gasteiger partial charge in [-0.05, 0) is 11.6 Å². The maximum atomic E-state index is 13.7. The van der Waals surface area contributed by atoms with Gasteiger partial charge in [0, 0.05) is 0 Å². The van der Waals surface area contributed by atoms with E-state index in [4.69, 9.17) is 5.26 Å². The summed E-state index contributed by atoms with van der Waals surface area (Å²) in [7, 11) is 0. The monoisotopic (exact) mass is 352 g/mol. The first kappa shape index (κ1) is 17.7. The van der Waals surface area contributed by atoms with Gasteiger partial charge in [0.25, 0.3) is 0 Å². The summed E-state index contributed by atoms with van der Waals surface area (Å²) >= 11 is 0. The first-order valence-corrected chi connectivity index (χ1v) is 6.05. The molecule has 0 aliphatic rings. The summed E-state index contributed by atoms with van der Waals surface area (Å²) in [5, 5.41) is 8.48. The number of nitriles is 1. The number of aromatic nitrogens is 1. The minimum absolute atomic E-state index is 0.599. The first-order chi connectivity index (χ1) is 11.1. The fourth-order valence-electron chi connectivity index (χ4n) is 1.93. The molecule has 0 bridgehead atoms. The summed E-state index contributed by atoms with van der Waals surface area (Å²) in [6.07, 6.45) is -5.80. The van der Waals surface area contributed by atoms with Crippen LogP contribution >= 0.6 is 0 Å². The molecule has 0 atom stereocenters. The molecule has 0 N–H and O–H groups in total. The third-order valence-electron chi connectivity index (χ3n) is 2.98. The molecule has 2 rings (SSSR count). The van der Waals surface area contributed by atoms with Crippen LogP contribution in [0.3, 0.4) is 0 Å². The molecular weight excluding hydrogens is 348 g/mol. The Morgan fingerprint density at radius 3 is 1.83 bits per heavy atom. The molecule has 2 nitrogen and oxygen atoms in total. The van der Waals surface area contributed by atoms with Crippen molar-refractivity contribution in [2.75, 3.05) is 0 Å². The molecular formula is C14H4F8N2. The minimum atomic E-state index is -5.09. The Kier molecular flexibility index (Phi) is 4.46. The van der Waals surface area contributed by atoms with E-state index >= 15 is 0 Å². The lowest BCUT2D eigenvalue weighted by Gasteiger charge is -2.13. The van der Waals surface area contributed by atoms with E-state index in [0.29, 0.717) is 12.1 Å². The third-order valence-corrected chi connectivity index (χ3v) is 2.98. The Labute approximate surface area is 129 Å². The molecule has 0 aliphatic heterocycles. The Morgan fingerprint density at radius 2 is 1.38 bits per heavy atom. The molecule has 0 saturated carbocycles. The van der Waals surface area contributed by atoms with Crippen LogP contribution in [0, 0.1) is 40.4 Å². The zero-order chi connectivity index (χ0) is 18.2. The van der Waals surface area contributed by atoms with Gasteiger partial charge < -0.3 is 0 Å². The van der Waals surface area contributed by atoms with Crippen molar-refractivity contribution < 1.29 is 35.1 Å². The predicted molar refractivity (Wildman–Crippen MR) is 63.8 cm³/mol. The number of nitrogens with zero attached hydrogens (tertiary/aromatic N) is 2. The van der Waals surface area contributed by atoms with Crippen LogP contribution in [0.4, 0.5) is 35.1 Å². The van der Waals surface area contributed by atoms with Crippen molar-refractivity contribution in [3.05, 3.63) is 52.5 Å². The molecule has 0 amide bonds. The average molecular weight is 352 g/mol. The van der Waals surface area contributed by atoms with Gasteiger partial charge in [-0.25, -0.2) is 26.9 Å². The quantitative estimate of drug-likeness (QED) is 0.452. The highest BCUT2D eigenvalue weighted by atomic mass is 19.4. The lowest BCUT2D eigenvalue weighted by atomic mass is 10.0. The molecule has 0 radical (unpaired) electrons. The molecule has 2 aromatic rings. The highest BCUT2D eigenvalue weighted by Gasteiger charge is 2.36. The van der Waals surface area contributed by atoms with Gasteiger partial charge in [0.15, 0.2) is 23.3 Å². The molecule has 1 heterocycles. The number of alkyl halides is 3. The summed E-state index contributed by atoms with van der Waals surface area (Å²) in [4.78, 5) is 2.95. The lowest BCUT2D eigenvalue weighted by Crippen LogP contribution is -2.13. The molecule has 0 unspecified atom stereocenters. The van der Waals surface area contributed by atoms with Crippen molar-refractivity contribution in [1.29, 1.82) is 5.26 Å². The van der Waals surface area contributed by atoms with Crippen LogP contribution < -0.4 is 0 Å². The van der Waals surface area contributed by atoms with Gasteiger partial charge in [-0.3, -0.25) is 0 Å². The van der Waals surface area contributed by atoms with Gasteiger partial charge in [-0.1, -0.05) is 6.07 Å². The normalized spacial score (nSPS) is 11.5. The summed E-state index contributed by atoms with van der Waals surface area (Å²) in [6, 6.07) is 2.77. The smallest absolute Gasteiger partial charge is 0.243 e. The number of rotatable bonds is 2. The fourth-order valence-corrected chi connectivity index (χ4v) is 1.93. The number of hydrogen-bond acceptors (Lipinski definition) is 2. The van der Waals surface area contributed by atoms with E-state index in [0.717, 1.165) is 0 Å². The van der Waals surface area contributed by atoms with Gasteiger partial charge in [0.1, 0.15) is 5.69 Å². The maximum Gasteiger partial charge on any atom is 0.433 e. The number of halogens is 8. The summed E-state index contributed by atoms with van der Waals surface area (Å²) in [5.41, 5.74) is -4.93. The van der Waals surface area contributed by atoms with Crippen LogP contribution in [-0.4, -0.2) is 4.98 Å². The second-order valence-corrected chi connectivity index (χ2v) is 4.48. The van der Waals surface area contributed by atoms with E-state index in [1.165, 1.54) is 6.07 Å². The minimum Gasteiger partial charge on any atom is -0.243 e. The van der Waals surface area contributed by atoms with E-state index in [1.807, 2.05) is 0 Å². The van der Waals surface area contributed by atoms with Crippen molar-refractivity contribution in [1.82, 2.24) is 4.98 Å². The van der Waals surface area contributed by atoms with Crippen LogP contribution in [0.5, 0.6) is 0 Å². The van der Waals surface area contributed by atoms with Gasteiger partial charge in [0.2, 0.25) is 5.82 Å². The van der Waals surface area contributed by atoms with Crippen LogP contribution in [-0.2, 0) is 12.6 Å². The molecule has 1 aromatic carbocycles. The molecule has 0 fully saturated rings. The van der Waals surface area contributed by atoms with E-state index < -0.39 is 64.2 Å². The van der Waals surface area contributed by atoms with Gasteiger partial charge in [-0.2, -0.15) is 18.4 Å². The first-order valence-electron chi connectivity index (χ1n) is 6.05. The lowest BCUT2D eigenvalue weighted by molar-refractivity contribution is -0.141. The molecule has 24 heavy (non-hydrogen) atoms. The van der Waals surface area contributed by atoms with Crippen molar-refractivity contribution in [3.63, 3.8) is 0 Å². The fraction of sp³-hybridized carbons (Fsp3) is 0.143. The SMILES string of the molecule is N#CCc1ccc(-c2c(F)c(F)c(F)c(F)c2F)nc1C(F)(F)F. The number of pyridine rings is 1. The van der Waals surface area contributed by atoms with E-state index in [2.05, 4.69) is 4.98 Å². The Bertz CT molecular complexity index is 822. The van der Waals surface area contributed by atoms with Crippen molar-refractivity contribution in [3.8, 4) is 17.3 Å². The van der Waals surface area contributed by atoms with Crippen molar-refractivity contribution in [2.45, 2.75) is 12.6 Å². The second-order valence-electron chi connectivity index (χ2n) is 4.48. The molecule has 0 aliphatic carbocycles. The molecule has 0 saturated heterocycles. The molecule has 126 valence electrons. The topological polar surface area (TPSA) is 36.7 Å². The predicted octanol–water partition coefficient (Wildman–Crippen LogP) is 4.53. The zero-order valence-electron chi connectivity index (χ0n) is 11.3. The van der Waals surface area contributed by atoms with Crippen LogP contribution in [0.1, 0.15) is 11.3 Å². The molecule has 0 spiro atoms. The summed E-state index contributed by atoms with van der Waals surface area (Å²) < 4.78 is 105. The largest absolute Gasteiger partial charge is 0.433 e. The average Bonchev–Trinajstić information content (AvgIpc) is 2.51. The van der Waals surface area contributed by atoms with Gasteiger partial charge in [-0.15, -0.1) is 0 Å². The van der Waals surface area contributed by atoms with Crippen molar-refractivity contribution in [2.24, 2.45) is 0 Å². The highest BCUT2D eigenvalue weighted by molar-refractivity contribution is 5.62. The van der Waals surface area contributed by atoms with E-state index in [1.54, 1.807) is 0 Å². The van der Waals surface area contributed by atoms with Crippen LogP contribution in [0.15, 0.2) is 12.1 Å². The summed E-state index contributed by atoms with van der Waals surface area (Å²) in [5.74, 6) is -11.7. The van der Waals surface area contributed by atoms with E-state index in [-0.39, 0.29) is 0 Å². The van der Waals surface area contributed by atoms with E-state index in [9.17, 15) is 35.1 Å². The zero-order valence-corrected chi connectivity index (χ0v) is 11.3. The second kappa shape index (κ2) is 6.07. The van der Waals surface area contributed by atoms with Gasteiger partial charge >= 0.3 is 6.18 Å². The Morgan fingerprint density at radius 1 is 0.875 bits per heavy atom. The maximum absolute atomic E-state index is 13.7. The van der Waals surface area contributed by atoms with Crippen LogP contribution in [0.25, 0.3) is 11.3 Å². The van der Waals surface area contributed by atoms with Crippen LogP contribution in [0.2, 0.25) is 0 Å². The van der Waals surface area contributed by atoms with Gasteiger partial charge in [0.05, 0.1) is 23.7 Å². The highest BCUT2D eigenvalue weighted by Crippen LogP contribution is 2.35. The Balaban J connectivity index is 2.79. The number of benzene rings is 1. The van der Waals surface area contributed by atoms with Crippen molar-refractivity contribution >= 4 is 0 Å². The summed E-state index contributed by atoms with van der Waals surface area (Å²) in [6.45, 7) is 0.